The Balaban J connectivity index is 2.10. The first-order chi connectivity index (χ1) is 16.1. The highest BCUT2D eigenvalue weighted by molar-refractivity contribution is 5.94. The second-order valence-electron chi connectivity index (χ2n) is 8.99. The van der Waals surface area contributed by atoms with Gasteiger partial charge in [-0.25, -0.2) is 9.78 Å². The van der Waals surface area contributed by atoms with Gasteiger partial charge in [0, 0.05) is 24.9 Å². The number of H-pyrrole nitrogens is 1. The fraction of sp³-hybridized carbons (Fsp3) is 0.682. The summed E-state index contributed by atoms with van der Waals surface area (Å²) in [4.78, 5) is 58.7. The van der Waals surface area contributed by atoms with Crippen LogP contribution in [0.2, 0.25) is 0 Å². The van der Waals surface area contributed by atoms with Gasteiger partial charge in [0.2, 0.25) is 17.7 Å². The largest absolute Gasteiger partial charge is 0.480 e. The van der Waals surface area contributed by atoms with E-state index in [1.165, 1.54) is 17.4 Å². The number of carboxylic acids is 1. The number of nitrogens with one attached hydrogen (secondary N) is 3. The third-order valence-electron chi connectivity index (χ3n) is 6.02. The summed E-state index contributed by atoms with van der Waals surface area (Å²) in [7, 11) is 0. The third-order valence-corrected chi connectivity index (χ3v) is 6.02. The lowest BCUT2D eigenvalue weighted by Crippen LogP contribution is -2.57. The minimum Gasteiger partial charge on any atom is -0.480 e. The number of aromatic amines is 1. The van der Waals surface area contributed by atoms with Crippen molar-refractivity contribution in [1.29, 1.82) is 0 Å². The van der Waals surface area contributed by atoms with Gasteiger partial charge in [-0.2, -0.15) is 0 Å². The number of carbonyl (C=O) groups excluding carboxylic acids is 3. The molecule has 0 saturated carbocycles. The molecule has 1 aliphatic rings. The van der Waals surface area contributed by atoms with Crippen LogP contribution in [0.25, 0.3) is 0 Å². The van der Waals surface area contributed by atoms with Gasteiger partial charge in [-0.15, -0.1) is 0 Å². The zero-order valence-electron chi connectivity index (χ0n) is 19.8. The normalized spacial score (nSPS) is 18.4. The van der Waals surface area contributed by atoms with Crippen LogP contribution in [0.15, 0.2) is 12.5 Å². The van der Waals surface area contributed by atoms with E-state index in [1.54, 1.807) is 0 Å². The van der Waals surface area contributed by atoms with Crippen LogP contribution >= 0.6 is 0 Å². The van der Waals surface area contributed by atoms with Crippen molar-refractivity contribution in [3.63, 3.8) is 0 Å². The van der Waals surface area contributed by atoms with Gasteiger partial charge < -0.3 is 37.1 Å². The van der Waals surface area contributed by atoms with Gasteiger partial charge in [0.1, 0.15) is 18.1 Å². The van der Waals surface area contributed by atoms with Gasteiger partial charge in [-0.3, -0.25) is 14.4 Å². The summed E-state index contributed by atoms with van der Waals surface area (Å²) in [6.45, 7) is 4.53. The van der Waals surface area contributed by atoms with Crippen molar-refractivity contribution >= 4 is 23.7 Å². The lowest BCUT2D eigenvalue weighted by Gasteiger charge is -2.29. The molecule has 8 N–H and O–H groups in total. The maximum absolute atomic E-state index is 13.1. The molecule has 4 atom stereocenters. The number of hydrogen-bond acceptors (Lipinski definition) is 7. The van der Waals surface area contributed by atoms with E-state index >= 15 is 0 Å². The van der Waals surface area contributed by atoms with Crippen molar-refractivity contribution in [2.24, 2.45) is 17.4 Å². The summed E-state index contributed by atoms with van der Waals surface area (Å²) in [5, 5.41) is 14.8. The molecule has 4 unspecified atom stereocenters. The molecule has 1 saturated heterocycles. The number of unbranched alkanes of at least 4 members (excludes halogenated alkanes) is 1. The van der Waals surface area contributed by atoms with Gasteiger partial charge in [-0.1, -0.05) is 13.8 Å². The molecule has 0 spiro atoms. The Labute approximate surface area is 199 Å². The molecule has 12 nitrogen and oxygen atoms in total. The average Bonchev–Trinajstić information content (AvgIpc) is 3.48. The molecule has 1 fully saturated rings. The maximum Gasteiger partial charge on any atom is 0.326 e. The van der Waals surface area contributed by atoms with Crippen LogP contribution in [0.1, 0.15) is 51.6 Å². The van der Waals surface area contributed by atoms with Gasteiger partial charge in [-0.05, 0) is 44.6 Å². The van der Waals surface area contributed by atoms with E-state index in [9.17, 15) is 24.3 Å². The summed E-state index contributed by atoms with van der Waals surface area (Å²) in [6, 6.07) is -3.59. The van der Waals surface area contributed by atoms with E-state index in [0.717, 1.165) is 0 Å². The summed E-state index contributed by atoms with van der Waals surface area (Å²) in [5.41, 5.74) is 12.1. The number of amides is 3. The van der Waals surface area contributed by atoms with E-state index in [2.05, 4.69) is 20.6 Å². The first kappa shape index (κ1) is 27.3. The lowest BCUT2D eigenvalue weighted by atomic mass is 10.0. The Morgan fingerprint density at radius 3 is 2.56 bits per heavy atom. The number of aliphatic carboxylic acids is 1. The van der Waals surface area contributed by atoms with Crippen LogP contribution in [0, 0.1) is 5.92 Å². The number of likely N-dealkylation sites (tertiary alicyclic amines) is 1. The Kier molecular flexibility index (Phi) is 10.5. The number of rotatable bonds is 13. The van der Waals surface area contributed by atoms with E-state index in [4.69, 9.17) is 11.5 Å². The molecule has 12 heteroatoms. The number of aromatic nitrogens is 2. The van der Waals surface area contributed by atoms with Crippen LogP contribution < -0.4 is 22.1 Å². The fourth-order valence-electron chi connectivity index (χ4n) is 3.90. The molecular weight excluding hydrogens is 442 g/mol. The highest BCUT2D eigenvalue weighted by Gasteiger charge is 2.38. The second kappa shape index (κ2) is 13.0. The number of carboxylic acid groups (broad SMARTS) is 1. The molecule has 0 aliphatic carbocycles. The van der Waals surface area contributed by atoms with E-state index in [1.807, 2.05) is 13.8 Å². The van der Waals surface area contributed by atoms with Crippen LogP contribution in [-0.4, -0.2) is 80.9 Å². The minimum atomic E-state index is -1.20. The van der Waals surface area contributed by atoms with E-state index < -0.39 is 42.0 Å². The van der Waals surface area contributed by atoms with Crippen molar-refractivity contribution in [1.82, 2.24) is 25.5 Å². The molecule has 0 radical (unpaired) electrons. The molecule has 2 rings (SSSR count). The number of carbonyl (C=O) groups is 4. The SMILES string of the molecule is CC(C)C(N)C(=O)N1CCCC1C(=O)NC(CCCCN)C(=O)NC(Cc1cnc[nH]1)C(=O)O. The molecule has 1 aromatic heterocycles. The van der Waals surface area contributed by atoms with Crippen molar-refractivity contribution < 1.29 is 24.3 Å². The van der Waals surface area contributed by atoms with Gasteiger partial charge >= 0.3 is 5.97 Å². The van der Waals surface area contributed by atoms with Crippen LogP contribution in [0.5, 0.6) is 0 Å². The lowest BCUT2D eigenvalue weighted by molar-refractivity contribution is -0.143. The van der Waals surface area contributed by atoms with Gasteiger partial charge in [0.25, 0.3) is 0 Å². The fourth-order valence-corrected chi connectivity index (χ4v) is 3.90. The topological polar surface area (TPSA) is 197 Å². The number of nitrogens with zero attached hydrogens (tertiary/aromatic N) is 2. The first-order valence-corrected chi connectivity index (χ1v) is 11.7. The smallest absolute Gasteiger partial charge is 0.326 e. The van der Waals surface area contributed by atoms with Crippen LogP contribution in [0.4, 0.5) is 0 Å². The zero-order chi connectivity index (χ0) is 25.3. The molecule has 1 aromatic rings. The number of hydrogen-bond donors (Lipinski definition) is 6. The molecule has 34 heavy (non-hydrogen) atoms. The maximum atomic E-state index is 13.1. The minimum absolute atomic E-state index is 0.0164. The predicted molar refractivity (Wildman–Crippen MR) is 124 cm³/mol. The van der Waals surface area contributed by atoms with E-state index in [0.29, 0.717) is 44.5 Å². The molecular formula is C22H37N7O5. The number of imidazole rings is 1. The highest BCUT2D eigenvalue weighted by atomic mass is 16.4. The Morgan fingerprint density at radius 1 is 1.24 bits per heavy atom. The summed E-state index contributed by atoms with van der Waals surface area (Å²) in [5.74, 6) is -2.62. The monoisotopic (exact) mass is 479 g/mol. The molecule has 2 heterocycles. The Hall–Kier alpha value is -2.99. The standard InChI is InChI=1S/C22H37N7O5/c1-13(2)18(24)21(32)29-9-5-7-17(29)20(31)27-15(6-3-4-8-23)19(30)28-16(22(33)34)10-14-11-25-12-26-14/h11-13,15-18H,3-10,23-24H2,1-2H3,(H,25,26)(H,27,31)(H,28,30)(H,33,34). The summed E-state index contributed by atoms with van der Waals surface area (Å²) < 4.78 is 0. The van der Waals surface area contributed by atoms with Gasteiger partial charge in [0.15, 0.2) is 0 Å². The van der Waals surface area contributed by atoms with Crippen molar-refractivity contribution in [2.75, 3.05) is 13.1 Å². The average molecular weight is 480 g/mol. The Morgan fingerprint density at radius 2 is 1.97 bits per heavy atom. The molecule has 0 bridgehead atoms. The summed E-state index contributed by atoms with van der Waals surface area (Å²) in [6.07, 6.45) is 5.55. The van der Waals surface area contributed by atoms with Crippen LogP contribution in [-0.2, 0) is 25.6 Å². The zero-order valence-corrected chi connectivity index (χ0v) is 19.8. The van der Waals surface area contributed by atoms with Gasteiger partial charge in [0.05, 0.1) is 12.4 Å². The van der Waals surface area contributed by atoms with Crippen molar-refractivity contribution in [3.8, 4) is 0 Å². The molecule has 0 aromatic carbocycles. The van der Waals surface area contributed by atoms with Crippen molar-refractivity contribution in [3.05, 3.63) is 18.2 Å². The molecule has 190 valence electrons. The predicted octanol–water partition coefficient (Wildman–Crippen LogP) is -0.890. The second-order valence-corrected chi connectivity index (χ2v) is 8.99. The highest BCUT2D eigenvalue weighted by Crippen LogP contribution is 2.20. The quantitative estimate of drug-likeness (QED) is 0.196. The van der Waals surface area contributed by atoms with E-state index in [-0.39, 0.29) is 24.7 Å². The first-order valence-electron chi connectivity index (χ1n) is 11.7. The third kappa shape index (κ3) is 7.52. The Bertz CT molecular complexity index is 830. The number of nitrogens with two attached hydrogens (primary N) is 2. The molecule has 3 amide bonds. The van der Waals surface area contributed by atoms with Crippen LogP contribution in [0.3, 0.4) is 0 Å². The summed E-state index contributed by atoms with van der Waals surface area (Å²) >= 11 is 0. The molecule has 1 aliphatic heterocycles. The van der Waals surface area contributed by atoms with Crippen molar-refractivity contribution in [2.45, 2.75) is 76.5 Å².